The molecule has 2 heteroatoms. The van der Waals surface area contributed by atoms with E-state index in [-0.39, 0.29) is 10.8 Å². The fourth-order valence-electron chi connectivity index (χ4n) is 10.4. The van der Waals surface area contributed by atoms with Gasteiger partial charge in [-0.1, -0.05) is 99.5 Å². The Hall–Kier alpha value is -5.08. The Morgan fingerprint density at radius 2 is 0.854 bits per heavy atom. The molecule has 0 aliphatic heterocycles. The molecule has 48 heavy (non-hydrogen) atoms. The number of hydrogen-bond acceptors (Lipinski definition) is 0. The Balaban J connectivity index is 1.15. The van der Waals surface area contributed by atoms with Gasteiger partial charge in [0.05, 0.1) is 22.1 Å². The molecule has 2 aliphatic carbocycles. The van der Waals surface area contributed by atoms with Gasteiger partial charge in [0.15, 0.2) is 0 Å². The Bertz CT molecular complexity index is 2550. The van der Waals surface area contributed by atoms with Crippen LogP contribution in [0.2, 0.25) is 0 Å². The number of hydrogen-bond donors (Lipinski definition) is 0. The molecule has 0 amide bonds. The molecule has 0 N–H and O–H groups in total. The highest BCUT2D eigenvalue weighted by Crippen LogP contribution is 2.65. The zero-order chi connectivity index (χ0) is 32.7. The van der Waals surface area contributed by atoms with Crippen molar-refractivity contribution in [2.75, 3.05) is 0 Å². The maximum Gasteiger partial charge on any atom is 0.0541 e. The van der Waals surface area contributed by atoms with E-state index < -0.39 is 0 Å². The highest BCUT2D eigenvalue weighted by molar-refractivity contribution is 6.10. The van der Waals surface area contributed by atoms with Gasteiger partial charge in [0, 0.05) is 38.8 Å². The number of aryl methyl sites for hydroxylation is 2. The van der Waals surface area contributed by atoms with E-state index in [1.165, 1.54) is 88.4 Å². The average molecular weight is 621 g/mol. The average Bonchev–Trinajstić information content (AvgIpc) is 3.74. The Morgan fingerprint density at radius 3 is 1.31 bits per heavy atom. The SMILES string of the molecule is Cc1ccc2c(c1)c1cc(C)ccc1n2-c1ccc2c(c1)C(C)(C)C1C2c2ccc(-n3c4ccccc4c4ccccc43)cc2C1(C)C. The standard InChI is InChI=1S/C46H40N2/c1-27-15-21-41-35(23-27)36-24-28(2)16-22-42(36)48(41)30-18-20-34-38(26-30)46(5,6)44-43(34)33-19-17-29(25-37(33)45(44,3)4)47-39-13-9-7-11-31(39)32-12-8-10-14-40(32)47/h7-26,43-44H,1-6H3. The smallest absolute Gasteiger partial charge is 0.0541 e. The molecular weight excluding hydrogens is 581 g/mol. The third-order valence-electron chi connectivity index (χ3n) is 12.2. The zero-order valence-electron chi connectivity index (χ0n) is 28.6. The van der Waals surface area contributed by atoms with Crippen LogP contribution in [0, 0.1) is 19.8 Å². The maximum absolute atomic E-state index is 2.52. The van der Waals surface area contributed by atoms with Gasteiger partial charge in [-0.3, -0.25) is 0 Å². The topological polar surface area (TPSA) is 9.86 Å². The van der Waals surface area contributed by atoms with E-state index in [4.69, 9.17) is 0 Å². The van der Waals surface area contributed by atoms with Crippen LogP contribution in [0.4, 0.5) is 0 Å². The Morgan fingerprint density at radius 1 is 0.438 bits per heavy atom. The van der Waals surface area contributed by atoms with Crippen LogP contribution in [0.15, 0.2) is 121 Å². The lowest BCUT2D eigenvalue weighted by Crippen LogP contribution is -2.37. The molecule has 10 rings (SSSR count). The summed E-state index contributed by atoms with van der Waals surface area (Å²) in [4.78, 5) is 0. The summed E-state index contributed by atoms with van der Waals surface area (Å²) in [5, 5.41) is 5.28. The van der Waals surface area contributed by atoms with Gasteiger partial charge in [0.25, 0.3) is 0 Å². The van der Waals surface area contributed by atoms with Gasteiger partial charge in [0.2, 0.25) is 0 Å². The first-order valence-corrected chi connectivity index (χ1v) is 17.4. The number of nitrogens with zero attached hydrogens (tertiary/aromatic N) is 2. The van der Waals surface area contributed by atoms with Gasteiger partial charge in [-0.2, -0.15) is 0 Å². The van der Waals surface area contributed by atoms with Crippen LogP contribution in [0.5, 0.6) is 0 Å². The summed E-state index contributed by atoms with van der Waals surface area (Å²) in [6, 6.07) is 46.2. The van der Waals surface area contributed by atoms with Crippen molar-refractivity contribution in [1.82, 2.24) is 9.13 Å². The second-order valence-corrected chi connectivity index (χ2v) is 15.7. The summed E-state index contributed by atoms with van der Waals surface area (Å²) < 4.78 is 4.96. The van der Waals surface area contributed by atoms with Crippen LogP contribution >= 0.6 is 0 Å². The molecule has 0 bridgehead atoms. The quantitative estimate of drug-likeness (QED) is 0.182. The van der Waals surface area contributed by atoms with Crippen molar-refractivity contribution < 1.29 is 0 Å². The zero-order valence-corrected chi connectivity index (χ0v) is 28.6. The van der Waals surface area contributed by atoms with Crippen molar-refractivity contribution in [1.29, 1.82) is 0 Å². The van der Waals surface area contributed by atoms with Crippen molar-refractivity contribution in [2.45, 2.75) is 58.3 Å². The fraction of sp³-hybridized carbons (Fsp3) is 0.217. The Kier molecular flexibility index (Phi) is 5.42. The molecular formula is C46H40N2. The number of aromatic nitrogens is 2. The van der Waals surface area contributed by atoms with E-state index >= 15 is 0 Å². The molecule has 234 valence electrons. The largest absolute Gasteiger partial charge is 0.309 e. The molecule has 2 heterocycles. The molecule has 2 unspecified atom stereocenters. The summed E-state index contributed by atoms with van der Waals surface area (Å²) in [6.45, 7) is 14.4. The first kappa shape index (κ1) is 28.0. The number of rotatable bonds is 2. The van der Waals surface area contributed by atoms with Gasteiger partial charge < -0.3 is 9.13 Å². The molecule has 6 aromatic carbocycles. The molecule has 2 aliphatic rings. The van der Waals surface area contributed by atoms with Crippen LogP contribution in [-0.4, -0.2) is 9.13 Å². The fourth-order valence-corrected chi connectivity index (χ4v) is 10.4. The second kappa shape index (κ2) is 9.29. The molecule has 0 fully saturated rings. The summed E-state index contributed by atoms with van der Waals surface area (Å²) in [6.07, 6.45) is 0. The lowest BCUT2D eigenvalue weighted by atomic mass is 9.65. The lowest BCUT2D eigenvalue weighted by molar-refractivity contribution is 0.227. The van der Waals surface area contributed by atoms with Gasteiger partial charge in [-0.05, 0) is 114 Å². The van der Waals surface area contributed by atoms with Crippen molar-refractivity contribution in [3.8, 4) is 11.4 Å². The van der Waals surface area contributed by atoms with Gasteiger partial charge in [-0.15, -0.1) is 0 Å². The minimum Gasteiger partial charge on any atom is -0.309 e. The summed E-state index contributed by atoms with van der Waals surface area (Å²) in [5.41, 5.74) is 16.2. The van der Waals surface area contributed by atoms with Gasteiger partial charge in [-0.25, -0.2) is 0 Å². The van der Waals surface area contributed by atoms with Crippen molar-refractivity contribution in [2.24, 2.45) is 5.92 Å². The summed E-state index contributed by atoms with van der Waals surface area (Å²) in [5.74, 6) is 0.840. The van der Waals surface area contributed by atoms with Crippen molar-refractivity contribution in [3.05, 3.63) is 155 Å². The number of fused-ring (bicyclic) bond motifs is 11. The third kappa shape index (κ3) is 3.48. The molecule has 0 radical (unpaired) electrons. The van der Waals surface area contributed by atoms with E-state index in [0.717, 1.165) is 0 Å². The van der Waals surface area contributed by atoms with E-state index in [0.29, 0.717) is 11.8 Å². The predicted octanol–water partition coefficient (Wildman–Crippen LogP) is 11.8. The first-order chi connectivity index (χ1) is 23.1. The summed E-state index contributed by atoms with van der Waals surface area (Å²) in [7, 11) is 0. The third-order valence-corrected chi connectivity index (χ3v) is 12.2. The monoisotopic (exact) mass is 620 g/mol. The highest BCUT2D eigenvalue weighted by atomic mass is 15.0. The predicted molar refractivity (Wildman–Crippen MR) is 202 cm³/mol. The van der Waals surface area contributed by atoms with E-state index in [9.17, 15) is 0 Å². The molecule has 0 spiro atoms. The van der Waals surface area contributed by atoms with Gasteiger partial charge >= 0.3 is 0 Å². The first-order valence-electron chi connectivity index (χ1n) is 17.4. The number of para-hydroxylation sites is 2. The normalized spacial score (nSPS) is 19.0. The molecule has 0 saturated heterocycles. The minimum absolute atomic E-state index is 0.000644. The molecule has 0 saturated carbocycles. The van der Waals surface area contributed by atoms with Crippen LogP contribution in [0.1, 0.15) is 67.0 Å². The van der Waals surface area contributed by atoms with Gasteiger partial charge in [0.1, 0.15) is 0 Å². The second-order valence-electron chi connectivity index (χ2n) is 15.7. The molecule has 2 aromatic heterocycles. The van der Waals surface area contributed by atoms with E-state index in [1.807, 2.05) is 0 Å². The minimum atomic E-state index is -0.00251. The summed E-state index contributed by atoms with van der Waals surface area (Å²) >= 11 is 0. The van der Waals surface area contributed by atoms with Crippen molar-refractivity contribution in [3.63, 3.8) is 0 Å². The highest BCUT2D eigenvalue weighted by Gasteiger charge is 2.58. The Labute approximate surface area is 282 Å². The number of benzene rings is 6. The van der Waals surface area contributed by atoms with Crippen LogP contribution < -0.4 is 0 Å². The van der Waals surface area contributed by atoms with Crippen LogP contribution in [-0.2, 0) is 10.8 Å². The van der Waals surface area contributed by atoms with Crippen LogP contribution in [0.25, 0.3) is 55.0 Å². The maximum atomic E-state index is 2.52. The van der Waals surface area contributed by atoms with Crippen molar-refractivity contribution >= 4 is 43.6 Å². The lowest BCUT2D eigenvalue weighted by Gasteiger charge is -2.38. The van der Waals surface area contributed by atoms with E-state index in [1.54, 1.807) is 0 Å². The molecule has 2 atom stereocenters. The molecule has 2 nitrogen and oxygen atoms in total. The van der Waals surface area contributed by atoms with E-state index in [2.05, 4.69) is 172 Å². The van der Waals surface area contributed by atoms with Crippen LogP contribution in [0.3, 0.4) is 0 Å². The molecule has 8 aromatic rings.